The van der Waals surface area contributed by atoms with Gasteiger partial charge in [-0.05, 0) is 25.1 Å². The van der Waals surface area contributed by atoms with E-state index < -0.39 is 10.0 Å². The van der Waals surface area contributed by atoms with Gasteiger partial charge in [0, 0.05) is 13.0 Å². The van der Waals surface area contributed by atoms with Crippen molar-refractivity contribution in [2.24, 2.45) is 0 Å². The van der Waals surface area contributed by atoms with Crippen molar-refractivity contribution in [1.82, 2.24) is 14.9 Å². The van der Waals surface area contributed by atoms with Crippen molar-refractivity contribution in [2.75, 3.05) is 13.2 Å². The van der Waals surface area contributed by atoms with Crippen LogP contribution in [0.2, 0.25) is 0 Å². The van der Waals surface area contributed by atoms with Crippen LogP contribution in [-0.2, 0) is 16.4 Å². The minimum atomic E-state index is -3.65. The van der Waals surface area contributed by atoms with E-state index in [0.29, 0.717) is 30.2 Å². The van der Waals surface area contributed by atoms with Crippen LogP contribution in [-0.4, -0.2) is 31.7 Å². The van der Waals surface area contributed by atoms with Crippen LogP contribution in [0.15, 0.2) is 40.3 Å². The highest BCUT2D eigenvalue weighted by Gasteiger charge is 2.20. The van der Waals surface area contributed by atoms with Crippen molar-refractivity contribution in [3.05, 3.63) is 36.7 Å². The Kier molecular flexibility index (Phi) is 5.51. The molecule has 8 heteroatoms. The zero-order valence-electron chi connectivity index (χ0n) is 13.1. The van der Waals surface area contributed by atoms with Crippen LogP contribution in [0.3, 0.4) is 0 Å². The molecule has 1 aromatic carbocycles. The Morgan fingerprint density at radius 1 is 1.39 bits per heavy atom. The van der Waals surface area contributed by atoms with Gasteiger partial charge in [0.2, 0.25) is 10.0 Å². The summed E-state index contributed by atoms with van der Waals surface area (Å²) in [5.74, 6) is 1.26. The number of hydrogen-bond donors (Lipinski definition) is 1. The van der Waals surface area contributed by atoms with E-state index in [4.69, 9.17) is 9.26 Å². The average Bonchev–Trinajstić information content (AvgIpc) is 3.02. The number of sulfonamides is 1. The molecule has 0 unspecified atom stereocenters. The summed E-state index contributed by atoms with van der Waals surface area (Å²) in [5, 5.41) is 3.83. The van der Waals surface area contributed by atoms with Crippen LogP contribution in [0.1, 0.15) is 19.7 Å². The minimum absolute atomic E-state index is 0.0917. The number of aromatic nitrogens is 2. The molecule has 0 fully saturated rings. The number of ether oxygens (including phenoxy) is 1. The molecule has 1 heterocycles. The lowest BCUT2D eigenvalue weighted by atomic mass is 10.2. The molecule has 0 atom stereocenters. The lowest BCUT2D eigenvalue weighted by Crippen LogP contribution is -2.23. The Bertz CT molecular complexity index is 784. The van der Waals surface area contributed by atoms with Gasteiger partial charge in [0.05, 0.1) is 17.1 Å². The van der Waals surface area contributed by atoms with Gasteiger partial charge in [-0.15, -0.1) is 6.58 Å². The van der Waals surface area contributed by atoms with Crippen molar-refractivity contribution in [3.63, 3.8) is 0 Å². The summed E-state index contributed by atoms with van der Waals surface area (Å²) >= 11 is 0. The molecule has 7 nitrogen and oxygen atoms in total. The molecule has 0 radical (unpaired) electrons. The standard InChI is InChI=1S/C15H19N3O4S/c1-4-9-16-23(19,20)11-7-8-13(21-6-3)12(10-11)15-17-14(5-2)18-22-15/h4,7-8,10,16H,1,5-6,9H2,2-3H3. The number of benzene rings is 1. The van der Waals surface area contributed by atoms with Gasteiger partial charge in [0.25, 0.3) is 5.89 Å². The van der Waals surface area contributed by atoms with E-state index in [1.807, 2.05) is 13.8 Å². The molecule has 124 valence electrons. The summed E-state index contributed by atoms with van der Waals surface area (Å²) in [6.07, 6.45) is 2.09. The number of aryl methyl sites for hydroxylation is 1. The Morgan fingerprint density at radius 3 is 2.78 bits per heavy atom. The van der Waals surface area contributed by atoms with Crippen LogP contribution in [0.25, 0.3) is 11.5 Å². The van der Waals surface area contributed by atoms with Gasteiger partial charge in [0.15, 0.2) is 5.82 Å². The molecular formula is C15H19N3O4S. The van der Waals surface area contributed by atoms with E-state index in [9.17, 15) is 8.42 Å². The monoisotopic (exact) mass is 337 g/mol. The van der Waals surface area contributed by atoms with Crippen LogP contribution < -0.4 is 9.46 Å². The summed E-state index contributed by atoms with van der Waals surface area (Å²) in [6, 6.07) is 4.51. The second-order valence-corrected chi connectivity index (χ2v) is 6.37. The molecule has 1 aromatic heterocycles. The largest absolute Gasteiger partial charge is 0.493 e. The van der Waals surface area contributed by atoms with Gasteiger partial charge in [-0.25, -0.2) is 13.1 Å². The number of rotatable bonds is 8. The summed E-state index contributed by atoms with van der Waals surface area (Å²) < 4.78 is 37.6. The minimum Gasteiger partial charge on any atom is -0.493 e. The third-order valence-corrected chi connectivity index (χ3v) is 4.41. The van der Waals surface area contributed by atoms with Crippen LogP contribution in [0.4, 0.5) is 0 Å². The van der Waals surface area contributed by atoms with E-state index >= 15 is 0 Å². The summed E-state index contributed by atoms with van der Waals surface area (Å²) in [5.41, 5.74) is 0.445. The van der Waals surface area contributed by atoms with Crippen molar-refractivity contribution in [1.29, 1.82) is 0 Å². The predicted octanol–water partition coefficient (Wildman–Crippen LogP) is 2.16. The first-order chi connectivity index (χ1) is 11.0. The van der Waals surface area contributed by atoms with E-state index in [1.165, 1.54) is 18.2 Å². The molecule has 0 saturated carbocycles. The topological polar surface area (TPSA) is 94.3 Å². The molecule has 1 N–H and O–H groups in total. The van der Waals surface area contributed by atoms with Crippen molar-refractivity contribution in [3.8, 4) is 17.2 Å². The average molecular weight is 337 g/mol. The van der Waals surface area contributed by atoms with Gasteiger partial charge < -0.3 is 9.26 Å². The van der Waals surface area contributed by atoms with E-state index in [-0.39, 0.29) is 17.3 Å². The molecular weight excluding hydrogens is 318 g/mol. The predicted molar refractivity (Wildman–Crippen MR) is 85.7 cm³/mol. The molecule has 0 aliphatic carbocycles. The third kappa shape index (κ3) is 3.96. The molecule has 0 aliphatic rings. The lowest BCUT2D eigenvalue weighted by Gasteiger charge is -2.10. The molecule has 0 amide bonds. The molecule has 0 saturated heterocycles. The van der Waals surface area contributed by atoms with Gasteiger partial charge in [-0.3, -0.25) is 0 Å². The lowest BCUT2D eigenvalue weighted by molar-refractivity contribution is 0.339. The highest BCUT2D eigenvalue weighted by molar-refractivity contribution is 7.89. The number of nitrogens with one attached hydrogen (secondary N) is 1. The fourth-order valence-electron chi connectivity index (χ4n) is 1.88. The van der Waals surface area contributed by atoms with Crippen LogP contribution in [0.5, 0.6) is 5.75 Å². The first-order valence-electron chi connectivity index (χ1n) is 7.22. The van der Waals surface area contributed by atoms with Gasteiger partial charge in [-0.2, -0.15) is 4.98 Å². The molecule has 0 spiro atoms. The van der Waals surface area contributed by atoms with Gasteiger partial charge in [-0.1, -0.05) is 18.2 Å². The highest BCUT2D eigenvalue weighted by atomic mass is 32.2. The molecule has 2 aromatic rings. The molecule has 0 bridgehead atoms. The van der Waals surface area contributed by atoms with Crippen molar-refractivity contribution < 1.29 is 17.7 Å². The van der Waals surface area contributed by atoms with Crippen molar-refractivity contribution in [2.45, 2.75) is 25.2 Å². The van der Waals surface area contributed by atoms with E-state index in [1.54, 1.807) is 6.07 Å². The second kappa shape index (κ2) is 7.38. The zero-order valence-corrected chi connectivity index (χ0v) is 13.9. The SMILES string of the molecule is C=CCNS(=O)(=O)c1ccc(OCC)c(-c2nc(CC)no2)c1. The summed E-state index contributed by atoms with van der Waals surface area (Å²) in [4.78, 5) is 4.33. The number of nitrogens with zero attached hydrogens (tertiary/aromatic N) is 2. The summed E-state index contributed by atoms with van der Waals surface area (Å²) in [7, 11) is -3.65. The maximum Gasteiger partial charge on any atom is 0.261 e. The third-order valence-electron chi connectivity index (χ3n) is 2.99. The zero-order chi connectivity index (χ0) is 16.9. The Hall–Kier alpha value is -2.19. The van der Waals surface area contributed by atoms with Gasteiger partial charge >= 0.3 is 0 Å². The Balaban J connectivity index is 2.49. The molecule has 0 aliphatic heterocycles. The fraction of sp³-hybridized carbons (Fsp3) is 0.333. The number of hydrogen-bond acceptors (Lipinski definition) is 6. The fourth-order valence-corrected chi connectivity index (χ4v) is 2.91. The second-order valence-electron chi connectivity index (χ2n) is 4.60. The maximum absolute atomic E-state index is 12.2. The highest BCUT2D eigenvalue weighted by Crippen LogP contribution is 2.31. The molecule has 23 heavy (non-hydrogen) atoms. The van der Waals surface area contributed by atoms with Crippen LogP contribution in [0, 0.1) is 0 Å². The molecule has 2 rings (SSSR count). The van der Waals surface area contributed by atoms with E-state index in [0.717, 1.165) is 0 Å². The van der Waals surface area contributed by atoms with Gasteiger partial charge in [0.1, 0.15) is 5.75 Å². The van der Waals surface area contributed by atoms with Crippen LogP contribution >= 0.6 is 0 Å². The Labute approximate surface area is 135 Å². The first-order valence-corrected chi connectivity index (χ1v) is 8.70. The quantitative estimate of drug-likeness (QED) is 0.742. The summed E-state index contributed by atoms with van der Waals surface area (Å²) in [6.45, 7) is 7.81. The Morgan fingerprint density at radius 2 is 2.17 bits per heavy atom. The normalized spacial score (nSPS) is 11.4. The maximum atomic E-state index is 12.2. The smallest absolute Gasteiger partial charge is 0.261 e. The first kappa shape index (κ1) is 17.2. The van der Waals surface area contributed by atoms with E-state index in [2.05, 4.69) is 21.4 Å². The van der Waals surface area contributed by atoms with Crippen molar-refractivity contribution >= 4 is 10.0 Å².